The predicted octanol–water partition coefficient (Wildman–Crippen LogP) is 6.97. The predicted molar refractivity (Wildman–Crippen MR) is 131 cm³/mol. The summed E-state index contributed by atoms with van der Waals surface area (Å²) >= 11 is 0. The standard InChI is InChI=1S/C29H32FNO2/c1-20-8-7-16-29(2,3)26(20)14-13-21-9-6-10-22(18-21)23(19-30)15-17-31-27(32)24-11-4-5-12-25(24)28(31)33/h4-6,9-14,18,23H,7-8,15-17,19H2,1-3H3/b14-13+. The molecule has 0 radical (unpaired) electrons. The quantitative estimate of drug-likeness (QED) is 0.432. The molecule has 1 heterocycles. The van der Waals surface area contributed by atoms with Gasteiger partial charge in [-0.05, 0) is 66.9 Å². The van der Waals surface area contributed by atoms with E-state index in [1.807, 2.05) is 24.3 Å². The zero-order valence-electron chi connectivity index (χ0n) is 19.7. The number of amides is 2. The number of rotatable bonds is 7. The van der Waals surface area contributed by atoms with Crippen LogP contribution in [0.25, 0.3) is 6.08 Å². The van der Waals surface area contributed by atoms with Crippen molar-refractivity contribution < 1.29 is 14.0 Å². The van der Waals surface area contributed by atoms with Gasteiger partial charge in [-0.15, -0.1) is 0 Å². The first kappa shape index (κ1) is 23.2. The lowest BCUT2D eigenvalue weighted by Crippen LogP contribution is -2.31. The molecule has 2 aliphatic rings. The second kappa shape index (κ2) is 9.46. The van der Waals surface area contributed by atoms with Crippen molar-refractivity contribution in [1.29, 1.82) is 0 Å². The number of fused-ring (bicyclic) bond motifs is 1. The van der Waals surface area contributed by atoms with Crippen LogP contribution in [0.2, 0.25) is 0 Å². The zero-order valence-corrected chi connectivity index (χ0v) is 19.7. The van der Waals surface area contributed by atoms with Gasteiger partial charge in [0.1, 0.15) is 0 Å². The molecule has 2 aromatic carbocycles. The Morgan fingerprint density at radius 2 is 1.73 bits per heavy atom. The van der Waals surface area contributed by atoms with Crippen molar-refractivity contribution in [3.8, 4) is 0 Å². The van der Waals surface area contributed by atoms with Crippen molar-refractivity contribution in [2.24, 2.45) is 5.41 Å². The summed E-state index contributed by atoms with van der Waals surface area (Å²) in [5.41, 5.74) is 5.80. The molecule has 4 rings (SSSR count). The van der Waals surface area contributed by atoms with E-state index in [2.05, 4.69) is 32.9 Å². The van der Waals surface area contributed by atoms with Crippen LogP contribution in [-0.4, -0.2) is 29.9 Å². The molecule has 0 bridgehead atoms. The molecule has 0 N–H and O–H groups in total. The fraction of sp³-hybridized carbons (Fsp3) is 0.379. The number of nitrogens with zero attached hydrogens (tertiary/aromatic N) is 1. The minimum Gasteiger partial charge on any atom is -0.274 e. The van der Waals surface area contributed by atoms with E-state index in [4.69, 9.17) is 0 Å². The smallest absolute Gasteiger partial charge is 0.261 e. The van der Waals surface area contributed by atoms with Gasteiger partial charge in [0.25, 0.3) is 11.8 Å². The van der Waals surface area contributed by atoms with Gasteiger partial charge in [0.15, 0.2) is 0 Å². The van der Waals surface area contributed by atoms with Crippen LogP contribution >= 0.6 is 0 Å². The van der Waals surface area contributed by atoms with Gasteiger partial charge in [0, 0.05) is 12.5 Å². The summed E-state index contributed by atoms with van der Waals surface area (Å²) in [6, 6.07) is 14.8. The van der Waals surface area contributed by atoms with E-state index in [0.29, 0.717) is 17.5 Å². The fourth-order valence-electron chi connectivity index (χ4n) is 5.17. The van der Waals surface area contributed by atoms with E-state index < -0.39 is 6.67 Å². The third-order valence-electron chi connectivity index (χ3n) is 7.13. The van der Waals surface area contributed by atoms with Crippen LogP contribution in [0, 0.1) is 5.41 Å². The number of carbonyl (C=O) groups excluding carboxylic acids is 2. The van der Waals surface area contributed by atoms with Crippen LogP contribution in [0.3, 0.4) is 0 Å². The minimum atomic E-state index is -0.534. The molecule has 0 fully saturated rings. The zero-order chi connectivity index (χ0) is 23.6. The molecule has 1 unspecified atom stereocenters. The highest BCUT2D eigenvalue weighted by molar-refractivity contribution is 6.21. The van der Waals surface area contributed by atoms with E-state index in [1.165, 1.54) is 28.9 Å². The molecule has 33 heavy (non-hydrogen) atoms. The van der Waals surface area contributed by atoms with Gasteiger partial charge in [-0.25, -0.2) is 0 Å². The Morgan fingerprint density at radius 1 is 1.03 bits per heavy atom. The van der Waals surface area contributed by atoms with E-state index in [1.54, 1.807) is 24.3 Å². The molecule has 0 saturated heterocycles. The maximum atomic E-state index is 14.0. The number of hydrogen-bond donors (Lipinski definition) is 0. The van der Waals surface area contributed by atoms with Gasteiger partial charge in [0.2, 0.25) is 0 Å². The van der Waals surface area contributed by atoms with E-state index in [-0.39, 0.29) is 29.7 Å². The maximum Gasteiger partial charge on any atom is 0.261 e. The van der Waals surface area contributed by atoms with Gasteiger partial charge in [-0.2, -0.15) is 0 Å². The van der Waals surface area contributed by atoms with E-state index in [0.717, 1.165) is 17.5 Å². The summed E-state index contributed by atoms with van der Waals surface area (Å²) < 4.78 is 14.0. The molecule has 0 saturated carbocycles. The molecule has 1 atom stereocenters. The number of benzene rings is 2. The first-order valence-corrected chi connectivity index (χ1v) is 11.8. The van der Waals surface area contributed by atoms with Crippen LogP contribution < -0.4 is 0 Å². The molecule has 1 aliphatic carbocycles. The molecule has 4 heteroatoms. The van der Waals surface area contributed by atoms with Crippen molar-refractivity contribution in [3.05, 3.63) is 88.0 Å². The van der Waals surface area contributed by atoms with Crippen LogP contribution in [0.5, 0.6) is 0 Å². The fourth-order valence-corrected chi connectivity index (χ4v) is 5.17. The summed E-state index contributed by atoms with van der Waals surface area (Å²) in [5.74, 6) is -0.943. The van der Waals surface area contributed by atoms with Crippen molar-refractivity contribution in [3.63, 3.8) is 0 Å². The van der Waals surface area contributed by atoms with E-state index in [9.17, 15) is 14.0 Å². The third-order valence-corrected chi connectivity index (χ3v) is 7.13. The van der Waals surface area contributed by atoms with Crippen molar-refractivity contribution >= 4 is 17.9 Å². The Balaban J connectivity index is 1.47. The first-order valence-electron chi connectivity index (χ1n) is 11.8. The van der Waals surface area contributed by atoms with E-state index >= 15 is 0 Å². The summed E-state index contributed by atoms with van der Waals surface area (Å²) in [6.45, 7) is 6.48. The molecule has 3 nitrogen and oxygen atoms in total. The molecule has 0 spiro atoms. The van der Waals surface area contributed by atoms with Crippen LogP contribution in [0.15, 0.2) is 65.8 Å². The second-order valence-electron chi connectivity index (χ2n) is 9.88. The maximum absolute atomic E-state index is 14.0. The Kier molecular flexibility index (Phi) is 6.64. The van der Waals surface area contributed by atoms with Crippen molar-refractivity contribution in [2.45, 2.75) is 52.4 Å². The van der Waals surface area contributed by atoms with Crippen LogP contribution in [0.4, 0.5) is 4.39 Å². The summed E-state index contributed by atoms with van der Waals surface area (Å²) in [7, 11) is 0. The Morgan fingerprint density at radius 3 is 2.36 bits per heavy atom. The van der Waals surface area contributed by atoms with Crippen molar-refractivity contribution in [2.75, 3.05) is 13.2 Å². The van der Waals surface area contributed by atoms with Gasteiger partial charge >= 0.3 is 0 Å². The normalized spacial score (nSPS) is 18.8. The molecule has 2 aromatic rings. The SMILES string of the molecule is CC1=C(/C=C/c2cccc(C(CF)CCN3C(=O)c4ccccc4C3=O)c2)C(C)(C)CCC1. The Bertz CT molecular complexity index is 1090. The molecule has 1 aliphatic heterocycles. The van der Waals surface area contributed by atoms with Crippen LogP contribution in [-0.2, 0) is 0 Å². The van der Waals surface area contributed by atoms with Gasteiger partial charge in [0.05, 0.1) is 17.8 Å². The third kappa shape index (κ3) is 4.71. The van der Waals surface area contributed by atoms with Gasteiger partial charge < -0.3 is 0 Å². The highest BCUT2D eigenvalue weighted by atomic mass is 19.1. The topological polar surface area (TPSA) is 37.4 Å². The number of alkyl halides is 1. The Labute approximate surface area is 196 Å². The lowest BCUT2D eigenvalue weighted by Gasteiger charge is -2.32. The van der Waals surface area contributed by atoms with Gasteiger partial charge in [-0.1, -0.05) is 68.0 Å². The largest absolute Gasteiger partial charge is 0.274 e. The summed E-state index contributed by atoms with van der Waals surface area (Å²) in [6.07, 6.45) is 8.30. The molecule has 0 aromatic heterocycles. The van der Waals surface area contributed by atoms with Crippen molar-refractivity contribution in [1.82, 2.24) is 4.90 Å². The number of imide groups is 1. The van der Waals surface area contributed by atoms with Crippen LogP contribution in [0.1, 0.15) is 84.2 Å². The average Bonchev–Trinajstić information content (AvgIpc) is 3.04. The summed E-state index contributed by atoms with van der Waals surface area (Å²) in [4.78, 5) is 26.5. The number of halogens is 1. The highest BCUT2D eigenvalue weighted by Gasteiger charge is 2.35. The first-order chi connectivity index (χ1) is 15.8. The molecular formula is C29H32FNO2. The molecule has 172 valence electrons. The molecule has 2 amide bonds. The number of allylic oxidation sites excluding steroid dienone is 3. The monoisotopic (exact) mass is 445 g/mol. The summed E-state index contributed by atoms with van der Waals surface area (Å²) in [5, 5.41) is 0. The highest BCUT2D eigenvalue weighted by Crippen LogP contribution is 2.41. The Hall–Kier alpha value is -3.01. The van der Waals surface area contributed by atoms with Gasteiger partial charge in [-0.3, -0.25) is 18.9 Å². The lowest BCUT2D eigenvalue weighted by molar-refractivity contribution is 0.0648. The second-order valence-corrected chi connectivity index (χ2v) is 9.88. The molecular weight excluding hydrogens is 413 g/mol. The lowest BCUT2D eigenvalue weighted by atomic mass is 9.72. The average molecular weight is 446 g/mol. The minimum absolute atomic E-state index is 0.171. The number of hydrogen-bond acceptors (Lipinski definition) is 2. The number of carbonyl (C=O) groups is 2.